The van der Waals surface area contributed by atoms with Crippen molar-refractivity contribution in [3.05, 3.63) is 71.8 Å². The number of hydrogen-bond donors (Lipinski definition) is 7. The van der Waals surface area contributed by atoms with Crippen molar-refractivity contribution in [2.75, 3.05) is 6.54 Å². The number of amides is 3. The van der Waals surface area contributed by atoms with E-state index in [0.29, 0.717) is 13.0 Å². The Kier molecular flexibility index (Phi) is 12.4. The van der Waals surface area contributed by atoms with E-state index in [-0.39, 0.29) is 25.2 Å². The van der Waals surface area contributed by atoms with Gasteiger partial charge in [0.2, 0.25) is 17.7 Å². The monoisotopic (exact) mass is 539 g/mol. The van der Waals surface area contributed by atoms with Gasteiger partial charge in [0.1, 0.15) is 18.1 Å². The fourth-order valence-electron chi connectivity index (χ4n) is 3.70. The van der Waals surface area contributed by atoms with Gasteiger partial charge in [0.15, 0.2) is 5.96 Å². The van der Waals surface area contributed by atoms with Crippen LogP contribution in [0.3, 0.4) is 0 Å². The van der Waals surface area contributed by atoms with Crippen LogP contribution in [-0.2, 0) is 32.0 Å². The van der Waals surface area contributed by atoms with Gasteiger partial charge in [0.25, 0.3) is 0 Å². The molecule has 2 aromatic rings. The Morgan fingerprint density at radius 2 is 1.26 bits per heavy atom. The summed E-state index contributed by atoms with van der Waals surface area (Å²) in [6.45, 7) is 1.64. The Hall–Kier alpha value is -4.45. The maximum atomic E-state index is 13.5. The normalized spacial score (nSPS) is 13.7. The second-order valence-electron chi connectivity index (χ2n) is 9.13. The lowest BCUT2D eigenvalue weighted by Crippen LogP contribution is -2.57. The highest BCUT2D eigenvalue weighted by Gasteiger charge is 2.29. The summed E-state index contributed by atoms with van der Waals surface area (Å²) in [5.74, 6) is -3.09. The van der Waals surface area contributed by atoms with Crippen LogP contribution in [-0.4, -0.2) is 65.5 Å². The first kappa shape index (κ1) is 30.8. The highest BCUT2D eigenvalue weighted by molar-refractivity contribution is 5.94. The van der Waals surface area contributed by atoms with Crippen molar-refractivity contribution < 1.29 is 24.3 Å². The van der Waals surface area contributed by atoms with Crippen molar-refractivity contribution in [3.63, 3.8) is 0 Å². The van der Waals surface area contributed by atoms with Crippen LogP contribution in [0.1, 0.15) is 30.9 Å². The minimum absolute atomic E-state index is 0.0561. The number of nitrogens with one attached hydrogen (secondary N) is 3. The van der Waals surface area contributed by atoms with Gasteiger partial charge in [-0.3, -0.25) is 24.2 Å². The molecule has 0 aliphatic heterocycles. The fourth-order valence-corrected chi connectivity index (χ4v) is 3.70. The van der Waals surface area contributed by atoms with Crippen molar-refractivity contribution in [1.82, 2.24) is 16.0 Å². The van der Waals surface area contributed by atoms with Gasteiger partial charge in [0, 0.05) is 19.4 Å². The van der Waals surface area contributed by atoms with E-state index >= 15 is 0 Å². The summed E-state index contributed by atoms with van der Waals surface area (Å²) in [5.41, 5.74) is 18.2. The molecule has 12 heteroatoms. The van der Waals surface area contributed by atoms with E-state index in [1.807, 2.05) is 24.3 Å². The van der Waals surface area contributed by atoms with Gasteiger partial charge >= 0.3 is 5.97 Å². The third-order valence-electron chi connectivity index (χ3n) is 5.86. The van der Waals surface area contributed by atoms with Crippen LogP contribution in [0.4, 0.5) is 0 Å². The minimum atomic E-state index is -1.21. The summed E-state index contributed by atoms with van der Waals surface area (Å²) in [6, 6.07) is 13.8. The van der Waals surface area contributed by atoms with Gasteiger partial charge in [-0.15, -0.1) is 0 Å². The molecular weight excluding hydrogens is 502 g/mol. The number of carboxylic acids is 1. The maximum Gasteiger partial charge on any atom is 0.325 e. The van der Waals surface area contributed by atoms with Crippen LogP contribution in [0.25, 0.3) is 0 Å². The second-order valence-corrected chi connectivity index (χ2v) is 9.13. The SMILES string of the molecule is CC(NC(=O)C(Cc1ccccc1)NC(=O)C(Cc1ccccc1)NC(=O)C(N)CCCN=C(N)N)C(=O)O. The van der Waals surface area contributed by atoms with Gasteiger partial charge < -0.3 is 38.3 Å². The standard InChI is InChI=1S/C27H37N7O5/c1-17(26(38)39)32-24(36)21(15-18-9-4-2-5-10-18)34-25(37)22(16-19-11-6-3-7-12-19)33-23(35)20(28)13-8-14-31-27(29)30/h2-7,9-12,17,20-22H,8,13-16,28H2,1H3,(H,32,36)(H,33,35)(H,34,37)(H,38,39)(H4,29,30,31). The maximum absolute atomic E-state index is 13.5. The lowest BCUT2D eigenvalue weighted by Gasteiger charge is -2.25. The molecule has 3 amide bonds. The number of nitrogens with two attached hydrogens (primary N) is 3. The van der Waals surface area contributed by atoms with Gasteiger partial charge in [-0.05, 0) is 30.9 Å². The first-order valence-corrected chi connectivity index (χ1v) is 12.6. The zero-order valence-electron chi connectivity index (χ0n) is 21.9. The van der Waals surface area contributed by atoms with E-state index in [9.17, 15) is 24.3 Å². The Morgan fingerprint density at radius 3 is 1.72 bits per heavy atom. The van der Waals surface area contributed by atoms with Crippen molar-refractivity contribution in [1.29, 1.82) is 0 Å². The molecule has 0 bridgehead atoms. The molecule has 12 nitrogen and oxygen atoms in total. The number of carboxylic acid groups (broad SMARTS) is 1. The first-order chi connectivity index (χ1) is 18.6. The zero-order chi connectivity index (χ0) is 28.8. The molecule has 0 heterocycles. The third-order valence-corrected chi connectivity index (χ3v) is 5.86. The Labute approximate surface area is 227 Å². The number of aliphatic carboxylic acids is 1. The molecule has 0 fully saturated rings. The van der Waals surface area contributed by atoms with Crippen LogP contribution >= 0.6 is 0 Å². The van der Waals surface area contributed by atoms with E-state index in [0.717, 1.165) is 11.1 Å². The summed E-state index contributed by atoms with van der Waals surface area (Å²) in [4.78, 5) is 54.4. The predicted octanol–water partition coefficient (Wildman–Crippen LogP) is -0.588. The molecule has 2 aromatic carbocycles. The molecule has 4 atom stereocenters. The van der Waals surface area contributed by atoms with E-state index in [2.05, 4.69) is 20.9 Å². The van der Waals surface area contributed by atoms with E-state index in [4.69, 9.17) is 17.2 Å². The lowest BCUT2D eigenvalue weighted by molar-refractivity contribution is -0.141. The smallest absolute Gasteiger partial charge is 0.325 e. The summed E-state index contributed by atoms with van der Waals surface area (Å²) in [7, 11) is 0. The lowest BCUT2D eigenvalue weighted by atomic mass is 10.0. The van der Waals surface area contributed by atoms with E-state index in [1.165, 1.54) is 6.92 Å². The quantitative estimate of drug-likeness (QED) is 0.0880. The van der Waals surface area contributed by atoms with E-state index < -0.39 is 47.9 Å². The molecule has 0 aliphatic carbocycles. The third kappa shape index (κ3) is 11.2. The van der Waals surface area contributed by atoms with Crippen LogP contribution in [0.5, 0.6) is 0 Å². The number of benzene rings is 2. The van der Waals surface area contributed by atoms with Crippen molar-refractivity contribution in [2.24, 2.45) is 22.2 Å². The molecule has 0 spiro atoms. The number of hydrogen-bond acceptors (Lipinski definition) is 6. The largest absolute Gasteiger partial charge is 0.480 e. The molecule has 0 aromatic heterocycles. The zero-order valence-corrected chi connectivity index (χ0v) is 21.9. The molecule has 0 aliphatic rings. The minimum Gasteiger partial charge on any atom is -0.480 e. The average Bonchev–Trinajstić information content (AvgIpc) is 2.91. The number of rotatable bonds is 15. The molecule has 39 heavy (non-hydrogen) atoms. The predicted molar refractivity (Wildman–Crippen MR) is 147 cm³/mol. The fraction of sp³-hybridized carbons (Fsp3) is 0.370. The summed E-state index contributed by atoms with van der Waals surface area (Å²) in [5, 5.41) is 17.0. The number of carbonyl (C=O) groups is 4. The van der Waals surface area contributed by atoms with Gasteiger partial charge in [-0.2, -0.15) is 0 Å². The second kappa shape index (κ2) is 15.7. The number of guanidine groups is 1. The summed E-state index contributed by atoms with van der Waals surface area (Å²) >= 11 is 0. The average molecular weight is 540 g/mol. The topological polar surface area (TPSA) is 215 Å². The Balaban J connectivity index is 2.20. The first-order valence-electron chi connectivity index (χ1n) is 12.6. The molecule has 10 N–H and O–H groups in total. The molecule has 4 unspecified atom stereocenters. The molecule has 0 radical (unpaired) electrons. The van der Waals surface area contributed by atoms with Crippen LogP contribution in [0, 0.1) is 0 Å². The Morgan fingerprint density at radius 1 is 0.795 bits per heavy atom. The van der Waals surface area contributed by atoms with E-state index in [1.54, 1.807) is 36.4 Å². The number of nitrogens with zero attached hydrogens (tertiary/aromatic N) is 1. The molecule has 0 saturated carbocycles. The molecule has 210 valence electrons. The summed E-state index contributed by atoms with van der Waals surface area (Å²) < 4.78 is 0. The summed E-state index contributed by atoms with van der Waals surface area (Å²) in [6.07, 6.45) is 1.00. The van der Waals surface area contributed by atoms with Crippen LogP contribution in [0.2, 0.25) is 0 Å². The van der Waals surface area contributed by atoms with Gasteiger partial charge in [0.05, 0.1) is 6.04 Å². The van der Waals surface area contributed by atoms with Crippen LogP contribution in [0.15, 0.2) is 65.7 Å². The van der Waals surface area contributed by atoms with Crippen molar-refractivity contribution in [3.8, 4) is 0 Å². The molecular formula is C27H37N7O5. The highest BCUT2D eigenvalue weighted by atomic mass is 16.4. The van der Waals surface area contributed by atoms with Crippen molar-refractivity contribution >= 4 is 29.7 Å². The number of carbonyl (C=O) groups excluding carboxylic acids is 3. The van der Waals surface area contributed by atoms with Crippen molar-refractivity contribution in [2.45, 2.75) is 56.8 Å². The van der Waals surface area contributed by atoms with Crippen LogP contribution < -0.4 is 33.2 Å². The molecule has 2 rings (SSSR count). The number of aliphatic imine (C=N–C) groups is 1. The molecule has 0 saturated heterocycles. The highest BCUT2D eigenvalue weighted by Crippen LogP contribution is 2.08. The van der Waals surface area contributed by atoms with Gasteiger partial charge in [-0.25, -0.2) is 0 Å². The van der Waals surface area contributed by atoms with Gasteiger partial charge in [-0.1, -0.05) is 60.7 Å². The Bertz CT molecular complexity index is 1120.